The summed E-state index contributed by atoms with van der Waals surface area (Å²) in [5, 5.41) is 13.1. The Morgan fingerprint density at radius 2 is 2.10 bits per heavy atom. The molecule has 1 heterocycles. The molecule has 2 N–H and O–H groups in total. The normalized spacial score (nSPS) is 22.9. The predicted octanol–water partition coefficient (Wildman–Crippen LogP) is 2.26. The zero-order valence-corrected chi connectivity index (χ0v) is 12.8. The largest absolute Gasteiger partial charge is 0.396 e. The third kappa shape index (κ3) is 4.30. The second kappa shape index (κ2) is 7.21. The van der Waals surface area contributed by atoms with E-state index in [4.69, 9.17) is 0 Å². The first-order valence-corrected chi connectivity index (χ1v) is 7.76. The van der Waals surface area contributed by atoms with Gasteiger partial charge in [-0.05, 0) is 18.4 Å². The van der Waals surface area contributed by atoms with E-state index in [0.717, 1.165) is 32.6 Å². The lowest BCUT2D eigenvalue weighted by atomic mass is 9.88. The van der Waals surface area contributed by atoms with Gasteiger partial charge in [-0.2, -0.15) is 0 Å². The van der Waals surface area contributed by atoms with Crippen LogP contribution >= 0.6 is 0 Å². The molecule has 0 aromatic heterocycles. The highest BCUT2D eigenvalue weighted by Crippen LogP contribution is 2.20. The lowest BCUT2D eigenvalue weighted by Crippen LogP contribution is -2.41. The zero-order valence-electron chi connectivity index (χ0n) is 12.8. The van der Waals surface area contributed by atoms with Crippen molar-refractivity contribution >= 4 is 0 Å². The van der Waals surface area contributed by atoms with Gasteiger partial charge in [-0.15, -0.1) is 0 Å². The third-order valence-corrected chi connectivity index (χ3v) is 4.57. The number of aliphatic hydroxyl groups excluding tert-OH is 1. The number of nitrogens with one attached hydrogen (secondary N) is 1. The van der Waals surface area contributed by atoms with Gasteiger partial charge in [0.25, 0.3) is 0 Å². The molecule has 20 heavy (non-hydrogen) atoms. The molecule has 1 aliphatic rings. The highest BCUT2D eigenvalue weighted by atomic mass is 16.3. The second-order valence-corrected chi connectivity index (χ2v) is 6.41. The molecule has 0 radical (unpaired) electrons. The molecule has 2 atom stereocenters. The molecule has 3 heteroatoms. The van der Waals surface area contributed by atoms with Crippen molar-refractivity contribution in [3.05, 3.63) is 35.9 Å². The number of likely N-dealkylation sites (tertiary alicyclic amines) is 1. The minimum Gasteiger partial charge on any atom is -0.396 e. The van der Waals surface area contributed by atoms with E-state index in [-0.39, 0.29) is 12.0 Å². The van der Waals surface area contributed by atoms with Crippen LogP contribution in [0.25, 0.3) is 0 Å². The monoisotopic (exact) mass is 276 g/mol. The first kappa shape index (κ1) is 15.5. The molecule has 1 aliphatic heterocycles. The fourth-order valence-corrected chi connectivity index (χ4v) is 2.67. The van der Waals surface area contributed by atoms with Crippen LogP contribution in [0, 0.1) is 5.41 Å². The Kier molecular flexibility index (Phi) is 5.58. The quantitative estimate of drug-likeness (QED) is 0.802. The molecule has 1 aromatic carbocycles. The molecule has 0 amide bonds. The number of benzene rings is 1. The summed E-state index contributed by atoms with van der Waals surface area (Å²) in [4.78, 5) is 2.51. The van der Waals surface area contributed by atoms with E-state index in [0.29, 0.717) is 6.04 Å². The molecule has 0 aliphatic carbocycles. The summed E-state index contributed by atoms with van der Waals surface area (Å²) in [7, 11) is 0. The molecule has 1 saturated heterocycles. The minimum atomic E-state index is 0.0207. The molecule has 2 rings (SSSR count). The number of rotatable bonds is 7. The number of hydrogen-bond donors (Lipinski definition) is 2. The Morgan fingerprint density at radius 3 is 2.75 bits per heavy atom. The van der Waals surface area contributed by atoms with Crippen LogP contribution in [0.5, 0.6) is 0 Å². The summed E-state index contributed by atoms with van der Waals surface area (Å²) in [5.41, 5.74) is 1.41. The van der Waals surface area contributed by atoms with Crippen LogP contribution in [0.15, 0.2) is 30.3 Å². The lowest BCUT2D eigenvalue weighted by molar-refractivity contribution is 0.131. The molecule has 0 saturated carbocycles. The smallest absolute Gasteiger partial charge is 0.0496 e. The lowest BCUT2D eigenvalue weighted by Gasteiger charge is -2.28. The van der Waals surface area contributed by atoms with Gasteiger partial charge in [0.1, 0.15) is 0 Å². The predicted molar refractivity (Wildman–Crippen MR) is 83.6 cm³/mol. The molecule has 112 valence electrons. The van der Waals surface area contributed by atoms with Crippen LogP contribution in [0.4, 0.5) is 0 Å². The van der Waals surface area contributed by atoms with Crippen LogP contribution in [0.1, 0.15) is 32.3 Å². The van der Waals surface area contributed by atoms with Crippen molar-refractivity contribution in [3.63, 3.8) is 0 Å². The van der Waals surface area contributed by atoms with E-state index >= 15 is 0 Å². The average molecular weight is 276 g/mol. The van der Waals surface area contributed by atoms with E-state index in [2.05, 4.69) is 54.4 Å². The summed E-state index contributed by atoms with van der Waals surface area (Å²) in [6.07, 6.45) is 2.22. The minimum absolute atomic E-state index is 0.0207. The van der Waals surface area contributed by atoms with Gasteiger partial charge in [0.15, 0.2) is 0 Å². The molecule has 1 fully saturated rings. The first-order valence-electron chi connectivity index (χ1n) is 7.76. The topological polar surface area (TPSA) is 35.5 Å². The highest BCUT2D eigenvalue weighted by Gasteiger charge is 2.26. The van der Waals surface area contributed by atoms with Crippen molar-refractivity contribution in [2.45, 2.75) is 39.3 Å². The maximum absolute atomic E-state index is 9.46. The average Bonchev–Trinajstić information content (AvgIpc) is 2.93. The van der Waals surface area contributed by atoms with Gasteiger partial charge in [0.05, 0.1) is 0 Å². The molecule has 2 unspecified atom stereocenters. The van der Waals surface area contributed by atoms with Crippen LogP contribution in [0.2, 0.25) is 0 Å². The van der Waals surface area contributed by atoms with Crippen molar-refractivity contribution in [1.29, 1.82) is 0 Å². The Balaban J connectivity index is 1.75. The van der Waals surface area contributed by atoms with E-state index in [1.54, 1.807) is 0 Å². The maximum Gasteiger partial charge on any atom is 0.0496 e. The summed E-state index contributed by atoms with van der Waals surface area (Å²) < 4.78 is 0. The van der Waals surface area contributed by atoms with Gasteiger partial charge in [-0.3, -0.25) is 4.90 Å². The standard InChI is InChI=1S/C17H28N2O/c1-3-17(2,14-20)13-18-16-9-10-19(12-16)11-15-7-5-4-6-8-15/h4-8,16,18,20H,3,9-14H2,1-2H3. The van der Waals surface area contributed by atoms with E-state index in [1.807, 2.05) is 0 Å². The Bertz CT molecular complexity index is 389. The molecule has 3 nitrogen and oxygen atoms in total. The van der Waals surface area contributed by atoms with Crippen LogP contribution < -0.4 is 5.32 Å². The zero-order chi connectivity index (χ0) is 14.4. The molecule has 0 spiro atoms. The van der Waals surface area contributed by atoms with Crippen molar-refractivity contribution in [2.24, 2.45) is 5.41 Å². The van der Waals surface area contributed by atoms with Crippen LogP contribution in [0.3, 0.4) is 0 Å². The Labute approximate surface area is 123 Å². The first-order chi connectivity index (χ1) is 9.65. The number of aliphatic hydroxyl groups is 1. The SMILES string of the molecule is CCC(C)(CO)CNC1CCN(Cc2ccccc2)C1. The van der Waals surface area contributed by atoms with Crippen molar-refractivity contribution < 1.29 is 5.11 Å². The van der Waals surface area contributed by atoms with Gasteiger partial charge >= 0.3 is 0 Å². The summed E-state index contributed by atoms with van der Waals surface area (Å²) >= 11 is 0. The van der Waals surface area contributed by atoms with E-state index in [1.165, 1.54) is 12.0 Å². The fourth-order valence-electron chi connectivity index (χ4n) is 2.67. The Hall–Kier alpha value is -0.900. The molecule has 0 bridgehead atoms. The highest BCUT2D eigenvalue weighted by molar-refractivity contribution is 5.14. The van der Waals surface area contributed by atoms with Gasteiger partial charge in [-0.1, -0.05) is 44.2 Å². The summed E-state index contributed by atoms with van der Waals surface area (Å²) in [6.45, 7) is 8.78. The summed E-state index contributed by atoms with van der Waals surface area (Å²) in [6, 6.07) is 11.2. The van der Waals surface area contributed by atoms with Gasteiger partial charge < -0.3 is 10.4 Å². The fraction of sp³-hybridized carbons (Fsp3) is 0.647. The van der Waals surface area contributed by atoms with Crippen LogP contribution in [-0.4, -0.2) is 42.3 Å². The molecule has 1 aromatic rings. The molecular formula is C17H28N2O. The van der Waals surface area contributed by atoms with Gasteiger partial charge in [0, 0.05) is 44.2 Å². The summed E-state index contributed by atoms with van der Waals surface area (Å²) in [5.74, 6) is 0. The van der Waals surface area contributed by atoms with Crippen molar-refractivity contribution in [1.82, 2.24) is 10.2 Å². The number of nitrogens with zero attached hydrogens (tertiary/aromatic N) is 1. The van der Waals surface area contributed by atoms with Crippen LogP contribution in [-0.2, 0) is 6.54 Å². The maximum atomic E-state index is 9.46. The van der Waals surface area contributed by atoms with Gasteiger partial charge in [-0.25, -0.2) is 0 Å². The van der Waals surface area contributed by atoms with Crippen molar-refractivity contribution in [2.75, 3.05) is 26.2 Å². The second-order valence-electron chi connectivity index (χ2n) is 6.41. The van der Waals surface area contributed by atoms with E-state index in [9.17, 15) is 5.11 Å². The van der Waals surface area contributed by atoms with E-state index < -0.39 is 0 Å². The number of hydrogen-bond acceptors (Lipinski definition) is 3. The third-order valence-electron chi connectivity index (χ3n) is 4.57. The van der Waals surface area contributed by atoms with Gasteiger partial charge in [0.2, 0.25) is 0 Å². The Morgan fingerprint density at radius 1 is 1.35 bits per heavy atom. The molecular weight excluding hydrogens is 248 g/mol. The van der Waals surface area contributed by atoms with Crippen molar-refractivity contribution in [3.8, 4) is 0 Å².